The van der Waals surface area contributed by atoms with Crippen LogP contribution in [0.3, 0.4) is 0 Å². The number of ether oxygens (including phenoxy) is 2. The van der Waals surface area contributed by atoms with E-state index in [1.165, 1.54) is 11.8 Å². The number of thioether (sulfide) groups is 1. The molecule has 2 amide bonds. The molecule has 3 aromatic rings. The minimum absolute atomic E-state index is 0.207. The highest BCUT2D eigenvalue weighted by molar-refractivity contribution is 8.18. The average molecular weight is 448 g/mol. The molecule has 0 unspecified atom stereocenters. The number of benzene rings is 3. The molecule has 0 saturated carbocycles. The number of rotatable bonds is 6. The van der Waals surface area contributed by atoms with E-state index in [2.05, 4.69) is 0 Å². The first kappa shape index (κ1) is 21.6. The molecule has 4 rings (SSSR count). The fourth-order valence-electron chi connectivity index (χ4n) is 3.51. The molecule has 0 aliphatic carbocycles. The zero-order chi connectivity index (χ0) is 22.7. The molecule has 0 radical (unpaired) electrons. The lowest BCUT2D eigenvalue weighted by atomic mass is 10.0. The highest BCUT2D eigenvalue weighted by Crippen LogP contribution is 2.36. The van der Waals surface area contributed by atoms with Crippen LogP contribution in [0.5, 0.6) is 11.5 Å². The quantitative estimate of drug-likeness (QED) is 0.286. The van der Waals surface area contributed by atoms with Gasteiger partial charge in [0.1, 0.15) is 0 Å². The summed E-state index contributed by atoms with van der Waals surface area (Å²) in [4.78, 5) is 38.5. The van der Waals surface area contributed by atoms with Gasteiger partial charge in [0.25, 0.3) is 11.1 Å². The van der Waals surface area contributed by atoms with Crippen molar-refractivity contribution in [2.75, 3.05) is 6.61 Å². The van der Waals surface area contributed by atoms with Gasteiger partial charge in [-0.25, -0.2) is 0 Å². The molecule has 0 N–H and O–H groups in total. The average Bonchev–Trinajstić information content (AvgIpc) is 3.03. The van der Waals surface area contributed by atoms with Gasteiger partial charge in [0.2, 0.25) is 0 Å². The highest BCUT2D eigenvalue weighted by atomic mass is 32.2. The second kappa shape index (κ2) is 9.28. The Morgan fingerprint density at radius 1 is 1.03 bits per heavy atom. The lowest BCUT2D eigenvalue weighted by Crippen LogP contribution is -2.27. The number of hydrogen-bond acceptors (Lipinski definition) is 6. The minimum Gasteiger partial charge on any atom is -0.490 e. The van der Waals surface area contributed by atoms with Crippen molar-refractivity contribution in [2.45, 2.75) is 20.4 Å². The molecule has 0 bridgehead atoms. The standard InChI is InChI=1S/C25H21NO5S/c1-3-30-22-13-17(11-12-21(22)31-16(2)27)14-23-24(28)26(25(29)32-23)15-19-9-6-8-18-7-4-5-10-20(18)19/h4-14H,3,15H2,1-2H3/b23-14+. The van der Waals surface area contributed by atoms with Crippen molar-refractivity contribution in [1.29, 1.82) is 0 Å². The Kier molecular flexibility index (Phi) is 6.28. The summed E-state index contributed by atoms with van der Waals surface area (Å²) in [5, 5.41) is 1.76. The molecule has 1 heterocycles. The van der Waals surface area contributed by atoms with Crippen molar-refractivity contribution in [1.82, 2.24) is 4.90 Å². The van der Waals surface area contributed by atoms with Crippen molar-refractivity contribution in [3.63, 3.8) is 0 Å². The third-order valence-corrected chi connectivity index (χ3v) is 5.81. The molecule has 6 nitrogen and oxygen atoms in total. The van der Waals surface area contributed by atoms with Crippen LogP contribution in [0.25, 0.3) is 16.8 Å². The SMILES string of the molecule is CCOc1cc(/C=C2/SC(=O)N(Cc3cccc4ccccc34)C2=O)ccc1OC(C)=O. The third-order valence-electron chi connectivity index (χ3n) is 4.90. The van der Waals surface area contributed by atoms with E-state index in [1.807, 2.05) is 49.4 Å². The van der Waals surface area contributed by atoms with Crippen LogP contribution in [0.15, 0.2) is 65.6 Å². The number of esters is 1. The summed E-state index contributed by atoms with van der Waals surface area (Å²) in [5.74, 6) is -0.0878. The molecule has 7 heteroatoms. The number of hydrogen-bond donors (Lipinski definition) is 0. The number of imide groups is 1. The van der Waals surface area contributed by atoms with Gasteiger partial charge >= 0.3 is 5.97 Å². The predicted octanol–water partition coefficient (Wildman–Crippen LogP) is 5.40. The van der Waals surface area contributed by atoms with Crippen molar-refractivity contribution in [3.8, 4) is 11.5 Å². The van der Waals surface area contributed by atoms with Crippen LogP contribution in [-0.4, -0.2) is 28.6 Å². The van der Waals surface area contributed by atoms with Gasteiger partial charge in [-0.3, -0.25) is 19.3 Å². The Morgan fingerprint density at radius 3 is 2.59 bits per heavy atom. The van der Waals surface area contributed by atoms with Gasteiger partial charge in [-0.1, -0.05) is 48.5 Å². The lowest BCUT2D eigenvalue weighted by molar-refractivity contribution is -0.132. The summed E-state index contributed by atoms with van der Waals surface area (Å²) in [5.41, 5.74) is 1.58. The lowest BCUT2D eigenvalue weighted by Gasteiger charge is -2.14. The van der Waals surface area contributed by atoms with E-state index in [1.54, 1.807) is 24.3 Å². The van der Waals surface area contributed by atoms with Crippen LogP contribution in [-0.2, 0) is 16.1 Å². The van der Waals surface area contributed by atoms with Crippen LogP contribution in [0, 0.1) is 0 Å². The first-order valence-corrected chi connectivity index (χ1v) is 10.9. The van der Waals surface area contributed by atoms with Gasteiger partial charge in [0.05, 0.1) is 18.1 Å². The van der Waals surface area contributed by atoms with Gasteiger partial charge in [0.15, 0.2) is 11.5 Å². The van der Waals surface area contributed by atoms with E-state index in [0.29, 0.717) is 28.6 Å². The number of fused-ring (bicyclic) bond motifs is 1. The summed E-state index contributed by atoms with van der Waals surface area (Å²) in [6, 6.07) is 18.7. The minimum atomic E-state index is -0.451. The smallest absolute Gasteiger partial charge is 0.308 e. The zero-order valence-electron chi connectivity index (χ0n) is 17.7. The number of carbonyl (C=O) groups excluding carboxylic acids is 3. The van der Waals surface area contributed by atoms with E-state index in [9.17, 15) is 14.4 Å². The normalized spacial score (nSPS) is 14.9. The molecule has 32 heavy (non-hydrogen) atoms. The maximum atomic E-state index is 13.0. The number of carbonyl (C=O) groups is 3. The Hall–Kier alpha value is -3.58. The Bertz CT molecular complexity index is 1240. The molecule has 1 aliphatic heterocycles. The Labute approximate surface area is 189 Å². The van der Waals surface area contributed by atoms with Crippen molar-refractivity contribution < 1.29 is 23.9 Å². The van der Waals surface area contributed by atoms with Crippen LogP contribution in [0.2, 0.25) is 0 Å². The van der Waals surface area contributed by atoms with Crippen LogP contribution in [0.1, 0.15) is 25.0 Å². The van der Waals surface area contributed by atoms with Crippen molar-refractivity contribution >= 4 is 45.7 Å². The van der Waals surface area contributed by atoms with Crippen LogP contribution in [0.4, 0.5) is 4.79 Å². The summed E-state index contributed by atoms with van der Waals surface area (Å²) in [7, 11) is 0. The highest BCUT2D eigenvalue weighted by Gasteiger charge is 2.35. The largest absolute Gasteiger partial charge is 0.490 e. The maximum absolute atomic E-state index is 13.0. The van der Waals surface area contributed by atoms with Gasteiger partial charge in [-0.05, 0) is 58.8 Å². The molecule has 3 aromatic carbocycles. The second-order valence-corrected chi connectivity index (χ2v) is 8.13. The van der Waals surface area contributed by atoms with E-state index < -0.39 is 5.97 Å². The summed E-state index contributed by atoms with van der Waals surface area (Å²) in [6.07, 6.45) is 1.65. The fraction of sp³-hybridized carbons (Fsp3) is 0.160. The van der Waals surface area contributed by atoms with Crippen LogP contribution < -0.4 is 9.47 Å². The summed E-state index contributed by atoms with van der Waals surface area (Å²) >= 11 is 0.908. The van der Waals surface area contributed by atoms with Crippen molar-refractivity contribution in [2.24, 2.45) is 0 Å². The van der Waals surface area contributed by atoms with Gasteiger partial charge in [-0.2, -0.15) is 0 Å². The molecule has 1 saturated heterocycles. The second-order valence-electron chi connectivity index (χ2n) is 7.14. The first-order valence-electron chi connectivity index (χ1n) is 10.1. The van der Waals surface area contributed by atoms with E-state index in [4.69, 9.17) is 9.47 Å². The zero-order valence-corrected chi connectivity index (χ0v) is 18.5. The molecule has 1 aliphatic rings. The predicted molar refractivity (Wildman–Crippen MR) is 124 cm³/mol. The molecule has 0 aromatic heterocycles. The molecular formula is C25H21NO5S. The van der Waals surface area contributed by atoms with E-state index in [-0.39, 0.29) is 17.7 Å². The van der Waals surface area contributed by atoms with Gasteiger partial charge in [0, 0.05) is 6.92 Å². The number of nitrogens with zero attached hydrogens (tertiary/aromatic N) is 1. The third kappa shape index (κ3) is 4.53. The Morgan fingerprint density at radius 2 is 1.81 bits per heavy atom. The molecule has 162 valence electrons. The van der Waals surface area contributed by atoms with Gasteiger partial charge in [-0.15, -0.1) is 0 Å². The number of amides is 2. The summed E-state index contributed by atoms with van der Waals surface area (Å²) < 4.78 is 10.7. The molecule has 0 spiro atoms. The molecular weight excluding hydrogens is 426 g/mol. The first-order chi connectivity index (χ1) is 15.5. The Balaban J connectivity index is 1.59. The van der Waals surface area contributed by atoms with Crippen LogP contribution >= 0.6 is 11.8 Å². The van der Waals surface area contributed by atoms with Gasteiger partial charge < -0.3 is 9.47 Å². The monoisotopic (exact) mass is 447 g/mol. The fourth-order valence-corrected chi connectivity index (χ4v) is 4.35. The van der Waals surface area contributed by atoms with E-state index in [0.717, 1.165) is 28.1 Å². The molecule has 0 atom stereocenters. The topological polar surface area (TPSA) is 72.9 Å². The maximum Gasteiger partial charge on any atom is 0.308 e. The van der Waals surface area contributed by atoms with E-state index >= 15 is 0 Å². The van der Waals surface area contributed by atoms with Crippen molar-refractivity contribution in [3.05, 3.63) is 76.7 Å². The molecule has 1 fully saturated rings. The summed E-state index contributed by atoms with van der Waals surface area (Å²) in [6.45, 7) is 3.73.